The van der Waals surface area contributed by atoms with Crippen molar-refractivity contribution in [3.8, 4) is 5.75 Å². The number of hydrogen-bond acceptors (Lipinski definition) is 1. The van der Waals surface area contributed by atoms with Crippen LogP contribution in [0.3, 0.4) is 0 Å². The minimum Gasteiger partial charge on any atom is -0.508 e. The molecule has 1 nitrogen and oxygen atoms in total. The van der Waals surface area contributed by atoms with Crippen molar-refractivity contribution in [2.45, 2.75) is 39.5 Å². The molecule has 0 unspecified atom stereocenters. The fourth-order valence-electron chi connectivity index (χ4n) is 1.58. The zero-order valence-corrected chi connectivity index (χ0v) is 10.4. The predicted molar refractivity (Wildman–Crippen MR) is 63.8 cm³/mol. The lowest BCUT2D eigenvalue weighted by Gasteiger charge is -2.08. The fourth-order valence-corrected chi connectivity index (χ4v) is 2.17. The molecule has 0 amide bonds. The van der Waals surface area contributed by atoms with Crippen LogP contribution in [0.1, 0.15) is 37.8 Å². The molecule has 0 fully saturated rings. The second-order valence-electron chi connectivity index (χ2n) is 3.57. The van der Waals surface area contributed by atoms with Crippen LogP contribution in [-0.4, -0.2) is 5.11 Å². The van der Waals surface area contributed by atoms with Crippen LogP contribution in [0.15, 0.2) is 16.6 Å². The average molecular weight is 257 g/mol. The van der Waals surface area contributed by atoms with Gasteiger partial charge in [-0.1, -0.05) is 42.6 Å². The first-order valence-electron chi connectivity index (χ1n) is 5.19. The Hall–Kier alpha value is -0.500. The van der Waals surface area contributed by atoms with Gasteiger partial charge in [-0.15, -0.1) is 0 Å². The highest BCUT2D eigenvalue weighted by molar-refractivity contribution is 9.10. The highest BCUT2D eigenvalue weighted by Crippen LogP contribution is 2.28. The third-order valence-electron chi connectivity index (χ3n) is 2.29. The standard InChI is InChI=1S/C12H17BrO/c1-3-5-9-8-12(14)10(6-4-2)7-11(9)13/h7-8,14H,3-6H2,1-2H3. The molecule has 0 aliphatic heterocycles. The molecule has 0 heterocycles. The van der Waals surface area contributed by atoms with Crippen LogP contribution >= 0.6 is 15.9 Å². The average Bonchev–Trinajstić information content (AvgIpc) is 2.14. The van der Waals surface area contributed by atoms with E-state index in [1.807, 2.05) is 12.1 Å². The quantitative estimate of drug-likeness (QED) is 0.862. The summed E-state index contributed by atoms with van der Waals surface area (Å²) < 4.78 is 1.13. The van der Waals surface area contributed by atoms with E-state index in [2.05, 4.69) is 29.8 Å². The number of halogens is 1. The molecule has 0 saturated heterocycles. The van der Waals surface area contributed by atoms with E-state index < -0.39 is 0 Å². The van der Waals surface area contributed by atoms with E-state index in [-0.39, 0.29) is 0 Å². The predicted octanol–water partition coefficient (Wildman–Crippen LogP) is 4.06. The topological polar surface area (TPSA) is 20.2 Å². The number of phenolic OH excluding ortho intramolecular Hbond substituents is 1. The minimum atomic E-state index is 0.443. The summed E-state index contributed by atoms with van der Waals surface area (Å²) in [5.74, 6) is 0.443. The molecule has 0 radical (unpaired) electrons. The molecule has 1 rings (SSSR count). The van der Waals surface area contributed by atoms with Crippen molar-refractivity contribution in [2.24, 2.45) is 0 Å². The van der Waals surface area contributed by atoms with E-state index >= 15 is 0 Å². The summed E-state index contributed by atoms with van der Waals surface area (Å²) in [6.07, 6.45) is 4.12. The number of aryl methyl sites for hydroxylation is 2. The molecule has 0 aliphatic carbocycles. The molecule has 0 bridgehead atoms. The van der Waals surface area contributed by atoms with Crippen LogP contribution < -0.4 is 0 Å². The van der Waals surface area contributed by atoms with Gasteiger partial charge < -0.3 is 5.11 Å². The van der Waals surface area contributed by atoms with Crippen LogP contribution in [0.25, 0.3) is 0 Å². The number of aromatic hydroxyl groups is 1. The molecule has 0 saturated carbocycles. The first-order chi connectivity index (χ1) is 6.69. The lowest BCUT2D eigenvalue weighted by atomic mass is 10.0. The van der Waals surface area contributed by atoms with Crippen molar-refractivity contribution in [3.05, 3.63) is 27.7 Å². The Morgan fingerprint density at radius 3 is 2.21 bits per heavy atom. The zero-order valence-electron chi connectivity index (χ0n) is 8.81. The van der Waals surface area contributed by atoms with E-state index in [0.29, 0.717) is 5.75 Å². The van der Waals surface area contributed by atoms with Crippen molar-refractivity contribution in [1.29, 1.82) is 0 Å². The molecular formula is C12H17BrO. The van der Waals surface area contributed by atoms with Crippen molar-refractivity contribution < 1.29 is 5.11 Å². The number of phenols is 1. The molecule has 0 atom stereocenters. The summed E-state index contributed by atoms with van der Waals surface area (Å²) in [6, 6.07) is 3.93. The van der Waals surface area contributed by atoms with Crippen LogP contribution in [0.5, 0.6) is 5.75 Å². The molecule has 0 aliphatic rings. The van der Waals surface area contributed by atoms with Crippen LogP contribution in [-0.2, 0) is 12.8 Å². The van der Waals surface area contributed by atoms with E-state index in [1.165, 1.54) is 5.56 Å². The van der Waals surface area contributed by atoms with Gasteiger partial charge in [0.1, 0.15) is 5.75 Å². The van der Waals surface area contributed by atoms with Gasteiger partial charge in [0, 0.05) is 4.47 Å². The van der Waals surface area contributed by atoms with Gasteiger partial charge in [-0.05, 0) is 36.1 Å². The highest BCUT2D eigenvalue weighted by atomic mass is 79.9. The van der Waals surface area contributed by atoms with Gasteiger partial charge in [0.2, 0.25) is 0 Å². The summed E-state index contributed by atoms with van der Waals surface area (Å²) in [5.41, 5.74) is 2.24. The maximum Gasteiger partial charge on any atom is 0.119 e. The van der Waals surface area contributed by atoms with E-state index in [1.54, 1.807) is 0 Å². The summed E-state index contributed by atoms with van der Waals surface area (Å²) in [7, 11) is 0. The zero-order chi connectivity index (χ0) is 10.6. The molecule has 0 spiro atoms. The van der Waals surface area contributed by atoms with Gasteiger partial charge >= 0.3 is 0 Å². The smallest absolute Gasteiger partial charge is 0.119 e. The van der Waals surface area contributed by atoms with E-state index in [0.717, 1.165) is 35.7 Å². The SMILES string of the molecule is CCCc1cc(Br)c(CCC)cc1O. The van der Waals surface area contributed by atoms with Crippen LogP contribution in [0.4, 0.5) is 0 Å². The summed E-state index contributed by atoms with van der Waals surface area (Å²) in [4.78, 5) is 0. The first-order valence-corrected chi connectivity index (χ1v) is 5.98. The van der Waals surface area contributed by atoms with Crippen LogP contribution in [0.2, 0.25) is 0 Å². The number of benzene rings is 1. The van der Waals surface area contributed by atoms with Gasteiger partial charge in [0.05, 0.1) is 0 Å². The molecule has 2 heteroatoms. The number of rotatable bonds is 4. The van der Waals surface area contributed by atoms with Crippen molar-refractivity contribution in [1.82, 2.24) is 0 Å². The van der Waals surface area contributed by atoms with Gasteiger partial charge in [-0.2, -0.15) is 0 Å². The molecule has 14 heavy (non-hydrogen) atoms. The largest absolute Gasteiger partial charge is 0.508 e. The van der Waals surface area contributed by atoms with Crippen molar-refractivity contribution in [3.63, 3.8) is 0 Å². The van der Waals surface area contributed by atoms with Crippen LogP contribution in [0, 0.1) is 0 Å². The minimum absolute atomic E-state index is 0.443. The summed E-state index contributed by atoms with van der Waals surface area (Å²) in [5, 5.41) is 9.75. The molecule has 0 aromatic heterocycles. The molecule has 78 valence electrons. The Morgan fingerprint density at radius 1 is 1.07 bits per heavy atom. The molecule has 1 N–H and O–H groups in total. The maximum atomic E-state index is 9.75. The summed E-state index contributed by atoms with van der Waals surface area (Å²) >= 11 is 3.54. The first kappa shape index (κ1) is 11.6. The molecular weight excluding hydrogens is 240 g/mol. The molecule has 1 aromatic rings. The van der Waals surface area contributed by atoms with Gasteiger partial charge in [-0.3, -0.25) is 0 Å². The Balaban J connectivity index is 2.97. The monoisotopic (exact) mass is 256 g/mol. The Kier molecular flexibility index (Phi) is 4.46. The highest BCUT2D eigenvalue weighted by Gasteiger charge is 2.06. The van der Waals surface area contributed by atoms with Crippen molar-refractivity contribution >= 4 is 15.9 Å². The van der Waals surface area contributed by atoms with E-state index in [9.17, 15) is 5.11 Å². The van der Waals surface area contributed by atoms with Crippen molar-refractivity contribution in [2.75, 3.05) is 0 Å². The lowest BCUT2D eigenvalue weighted by Crippen LogP contribution is -1.90. The van der Waals surface area contributed by atoms with Gasteiger partial charge in [0.15, 0.2) is 0 Å². The fraction of sp³-hybridized carbons (Fsp3) is 0.500. The Bertz CT molecular complexity index is 276. The number of hydrogen-bond donors (Lipinski definition) is 1. The molecule has 1 aromatic carbocycles. The van der Waals surface area contributed by atoms with E-state index in [4.69, 9.17) is 0 Å². The normalized spacial score (nSPS) is 10.5. The van der Waals surface area contributed by atoms with Gasteiger partial charge in [0.25, 0.3) is 0 Å². The Morgan fingerprint density at radius 2 is 1.64 bits per heavy atom. The second-order valence-corrected chi connectivity index (χ2v) is 4.43. The lowest BCUT2D eigenvalue weighted by molar-refractivity contribution is 0.466. The second kappa shape index (κ2) is 5.40. The maximum absolute atomic E-state index is 9.75. The van der Waals surface area contributed by atoms with Gasteiger partial charge in [-0.25, -0.2) is 0 Å². The third kappa shape index (κ3) is 2.74. The third-order valence-corrected chi connectivity index (χ3v) is 3.02. The Labute approximate surface area is 94.3 Å². The summed E-state index contributed by atoms with van der Waals surface area (Å²) in [6.45, 7) is 4.26.